The number of rotatable bonds is 3. The summed E-state index contributed by atoms with van der Waals surface area (Å²) in [6.45, 7) is 5.31. The predicted octanol–water partition coefficient (Wildman–Crippen LogP) is 1.99. The molecule has 5 heteroatoms. The molecule has 3 N–H and O–H groups in total. The van der Waals surface area contributed by atoms with Crippen molar-refractivity contribution >= 4 is 17.5 Å². The summed E-state index contributed by atoms with van der Waals surface area (Å²) in [4.78, 5) is 17.3. The number of aromatic nitrogens is 1. The van der Waals surface area contributed by atoms with Crippen molar-refractivity contribution in [3.05, 3.63) is 17.8 Å². The largest absolute Gasteiger partial charge is 0.478 e. The number of nitrogen functional groups attached to an aromatic ring is 1. The number of hydrogen-bond acceptors (Lipinski definition) is 4. The second-order valence-electron chi connectivity index (χ2n) is 5.09. The van der Waals surface area contributed by atoms with Crippen LogP contribution < -0.4 is 10.6 Å². The van der Waals surface area contributed by atoms with Gasteiger partial charge < -0.3 is 15.7 Å². The maximum absolute atomic E-state index is 10.8. The minimum Gasteiger partial charge on any atom is -0.478 e. The Morgan fingerprint density at radius 2 is 2.33 bits per heavy atom. The fourth-order valence-electron chi connectivity index (χ4n) is 2.58. The lowest BCUT2D eigenvalue weighted by Gasteiger charge is -2.29. The standard InChI is InChI=1S/C13H19N3O2/c1-8(2)11-4-3-5-16(11)12-10(14)6-9(7-15-12)13(17)18/h6-8,11H,3-5,14H2,1-2H3,(H,17,18). The minimum absolute atomic E-state index is 0.136. The number of carboxylic acids is 1. The van der Waals surface area contributed by atoms with Gasteiger partial charge in [0.1, 0.15) is 0 Å². The molecule has 5 nitrogen and oxygen atoms in total. The summed E-state index contributed by atoms with van der Waals surface area (Å²) < 4.78 is 0. The van der Waals surface area contributed by atoms with E-state index >= 15 is 0 Å². The number of carbonyl (C=O) groups is 1. The topological polar surface area (TPSA) is 79.5 Å². The van der Waals surface area contributed by atoms with Gasteiger partial charge in [-0.25, -0.2) is 9.78 Å². The van der Waals surface area contributed by atoms with Gasteiger partial charge in [-0.1, -0.05) is 13.8 Å². The number of nitrogens with two attached hydrogens (primary N) is 1. The molecule has 1 aromatic rings. The average Bonchev–Trinajstić information content (AvgIpc) is 2.77. The zero-order chi connectivity index (χ0) is 13.3. The number of pyridine rings is 1. The van der Waals surface area contributed by atoms with Gasteiger partial charge in [-0.15, -0.1) is 0 Å². The Morgan fingerprint density at radius 1 is 1.61 bits per heavy atom. The van der Waals surface area contributed by atoms with Gasteiger partial charge in [0.25, 0.3) is 0 Å². The Bertz CT molecular complexity index is 460. The van der Waals surface area contributed by atoms with Crippen molar-refractivity contribution in [1.29, 1.82) is 0 Å². The molecule has 0 amide bonds. The lowest BCUT2D eigenvalue weighted by Crippen LogP contribution is -2.34. The highest BCUT2D eigenvalue weighted by molar-refractivity contribution is 5.89. The summed E-state index contributed by atoms with van der Waals surface area (Å²) >= 11 is 0. The van der Waals surface area contributed by atoms with Gasteiger partial charge in [0, 0.05) is 18.8 Å². The molecule has 1 aliphatic rings. The van der Waals surface area contributed by atoms with E-state index < -0.39 is 5.97 Å². The van der Waals surface area contributed by atoms with Crippen LogP contribution in [0.3, 0.4) is 0 Å². The van der Waals surface area contributed by atoms with Gasteiger partial charge in [0.05, 0.1) is 11.3 Å². The van der Waals surface area contributed by atoms with Gasteiger partial charge in [-0.2, -0.15) is 0 Å². The van der Waals surface area contributed by atoms with Gasteiger partial charge in [0.2, 0.25) is 0 Å². The molecule has 1 aliphatic heterocycles. The molecule has 1 unspecified atom stereocenters. The third kappa shape index (κ3) is 2.25. The average molecular weight is 249 g/mol. The van der Waals surface area contributed by atoms with Crippen molar-refractivity contribution in [2.24, 2.45) is 5.92 Å². The summed E-state index contributed by atoms with van der Waals surface area (Å²) in [5.74, 6) is 0.256. The maximum atomic E-state index is 10.8. The first-order chi connectivity index (χ1) is 8.50. The molecule has 2 heterocycles. The molecular weight excluding hydrogens is 230 g/mol. The van der Waals surface area contributed by atoms with Crippen LogP contribution in [0.2, 0.25) is 0 Å². The van der Waals surface area contributed by atoms with Crippen LogP contribution in [0.15, 0.2) is 12.3 Å². The van der Waals surface area contributed by atoms with E-state index in [1.165, 1.54) is 12.3 Å². The summed E-state index contributed by atoms with van der Waals surface area (Å²) in [6.07, 6.45) is 3.65. The molecule has 0 saturated carbocycles. The van der Waals surface area contributed by atoms with E-state index in [0.717, 1.165) is 25.2 Å². The van der Waals surface area contributed by atoms with Gasteiger partial charge in [-0.3, -0.25) is 0 Å². The Balaban J connectivity index is 2.31. The number of carboxylic acid groups (broad SMARTS) is 1. The number of anilines is 2. The lowest BCUT2D eigenvalue weighted by atomic mass is 10.0. The second-order valence-corrected chi connectivity index (χ2v) is 5.09. The van der Waals surface area contributed by atoms with E-state index in [2.05, 4.69) is 23.7 Å². The molecule has 1 fully saturated rings. The third-order valence-electron chi connectivity index (χ3n) is 3.48. The van der Waals surface area contributed by atoms with Crippen LogP contribution in [-0.2, 0) is 0 Å². The molecule has 0 aliphatic carbocycles. The molecule has 0 spiro atoms. The predicted molar refractivity (Wildman–Crippen MR) is 70.8 cm³/mol. The van der Waals surface area contributed by atoms with Crippen LogP contribution in [0.5, 0.6) is 0 Å². The van der Waals surface area contributed by atoms with Crippen molar-refractivity contribution in [3.63, 3.8) is 0 Å². The van der Waals surface area contributed by atoms with E-state index in [-0.39, 0.29) is 5.56 Å². The first kappa shape index (κ1) is 12.7. The molecule has 1 aromatic heterocycles. The van der Waals surface area contributed by atoms with Crippen LogP contribution in [0.25, 0.3) is 0 Å². The smallest absolute Gasteiger partial charge is 0.337 e. The van der Waals surface area contributed by atoms with E-state index in [1.54, 1.807) is 0 Å². The summed E-state index contributed by atoms with van der Waals surface area (Å²) in [5.41, 5.74) is 6.52. The SMILES string of the molecule is CC(C)C1CCCN1c1ncc(C(=O)O)cc1N. The highest BCUT2D eigenvalue weighted by atomic mass is 16.4. The van der Waals surface area contributed by atoms with E-state index in [0.29, 0.717) is 17.6 Å². The zero-order valence-electron chi connectivity index (χ0n) is 10.8. The monoisotopic (exact) mass is 249 g/mol. The second kappa shape index (κ2) is 4.84. The normalized spacial score (nSPS) is 19.5. The quantitative estimate of drug-likeness (QED) is 0.856. The molecule has 0 radical (unpaired) electrons. The first-order valence-electron chi connectivity index (χ1n) is 6.26. The Labute approximate surface area is 107 Å². The maximum Gasteiger partial charge on any atom is 0.337 e. The molecule has 2 rings (SSSR count). The van der Waals surface area contributed by atoms with E-state index in [4.69, 9.17) is 10.8 Å². The fourth-order valence-corrected chi connectivity index (χ4v) is 2.58. The van der Waals surface area contributed by atoms with Crippen molar-refractivity contribution in [2.75, 3.05) is 17.2 Å². The minimum atomic E-state index is -0.998. The summed E-state index contributed by atoms with van der Waals surface area (Å²) in [7, 11) is 0. The van der Waals surface area contributed by atoms with Crippen LogP contribution >= 0.6 is 0 Å². The molecule has 98 valence electrons. The van der Waals surface area contributed by atoms with Crippen LogP contribution in [-0.4, -0.2) is 28.6 Å². The summed E-state index contributed by atoms with van der Waals surface area (Å²) in [6, 6.07) is 1.93. The fraction of sp³-hybridized carbons (Fsp3) is 0.538. The molecule has 1 atom stereocenters. The Hall–Kier alpha value is -1.78. The molecule has 0 aromatic carbocycles. The van der Waals surface area contributed by atoms with Gasteiger partial charge in [0.15, 0.2) is 5.82 Å². The van der Waals surface area contributed by atoms with E-state index in [9.17, 15) is 4.79 Å². The Morgan fingerprint density at radius 3 is 2.89 bits per heavy atom. The van der Waals surface area contributed by atoms with Crippen molar-refractivity contribution < 1.29 is 9.90 Å². The summed E-state index contributed by atoms with van der Waals surface area (Å²) in [5, 5.41) is 8.90. The van der Waals surface area contributed by atoms with Gasteiger partial charge >= 0.3 is 5.97 Å². The molecular formula is C13H19N3O2. The highest BCUT2D eigenvalue weighted by Gasteiger charge is 2.29. The molecule has 1 saturated heterocycles. The van der Waals surface area contributed by atoms with Gasteiger partial charge in [-0.05, 0) is 24.8 Å². The number of aromatic carboxylic acids is 1. The molecule has 18 heavy (non-hydrogen) atoms. The Kier molecular flexibility index (Phi) is 3.41. The number of nitrogens with zero attached hydrogens (tertiary/aromatic N) is 2. The zero-order valence-corrected chi connectivity index (χ0v) is 10.8. The lowest BCUT2D eigenvalue weighted by molar-refractivity contribution is 0.0696. The van der Waals surface area contributed by atoms with Crippen LogP contribution in [0, 0.1) is 5.92 Å². The van der Waals surface area contributed by atoms with Crippen molar-refractivity contribution in [3.8, 4) is 0 Å². The van der Waals surface area contributed by atoms with Crippen molar-refractivity contribution in [2.45, 2.75) is 32.7 Å². The van der Waals surface area contributed by atoms with Crippen LogP contribution in [0.1, 0.15) is 37.0 Å². The highest BCUT2D eigenvalue weighted by Crippen LogP contribution is 2.31. The van der Waals surface area contributed by atoms with Crippen molar-refractivity contribution in [1.82, 2.24) is 4.98 Å². The van der Waals surface area contributed by atoms with E-state index in [1.807, 2.05) is 0 Å². The molecule has 0 bridgehead atoms. The third-order valence-corrected chi connectivity index (χ3v) is 3.48. The van der Waals surface area contributed by atoms with Crippen LogP contribution in [0.4, 0.5) is 11.5 Å². The number of hydrogen-bond donors (Lipinski definition) is 2. The first-order valence-corrected chi connectivity index (χ1v) is 6.26.